The molecule has 144 valence electrons. The molecule has 1 saturated heterocycles. The van der Waals surface area contributed by atoms with E-state index >= 15 is 0 Å². The number of rotatable bonds is 5. The molecule has 2 aromatic rings. The molecule has 0 unspecified atom stereocenters. The molecule has 0 bridgehead atoms. The number of methoxy groups -OCH3 is 1. The lowest BCUT2D eigenvalue weighted by molar-refractivity contribution is 0.0924. The van der Waals surface area contributed by atoms with Crippen LogP contribution in [0.2, 0.25) is 5.02 Å². The number of carbonyl (C=O) groups excluding carboxylic acids is 1. The van der Waals surface area contributed by atoms with Gasteiger partial charge in [-0.1, -0.05) is 11.6 Å². The van der Waals surface area contributed by atoms with Gasteiger partial charge in [0.05, 0.1) is 12.0 Å². The summed E-state index contributed by atoms with van der Waals surface area (Å²) in [6.07, 6.45) is 1.13. The molecule has 1 fully saturated rings. The Balaban J connectivity index is 1.59. The summed E-state index contributed by atoms with van der Waals surface area (Å²) in [7, 11) is -2.01. The Morgan fingerprint density at radius 2 is 1.67 bits per heavy atom. The minimum atomic E-state index is -3.55. The van der Waals surface area contributed by atoms with Gasteiger partial charge in [-0.2, -0.15) is 4.31 Å². The Morgan fingerprint density at radius 3 is 2.22 bits per heavy atom. The van der Waals surface area contributed by atoms with Crippen LogP contribution in [-0.4, -0.2) is 44.9 Å². The minimum Gasteiger partial charge on any atom is -0.497 e. The van der Waals surface area contributed by atoms with Crippen LogP contribution in [0.3, 0.4) is 0 Å². The molecule has 0 atom stereocenters. The van der Waals surface area contributed by atoms with Gasteiger partial charge < -0.3 is 10.1 Å². The van der Waals surface area contributed by atoms with Gasteiger partial charge in [-0.05, 0) is 61.4 Å². The molecule has 2 aromatic carbocycles. The summed E-state index contributed by atoms with van der Waals surface area (Å²) >= 11 is 5.83. The van der Waals surface area contributed by atoms with E-state index < -0.39 is 10.0 Å². The van der Waals surface area contributed by atoms with Crippen LogP contribution in [0.5, 0.6) is 5.75 Å². The first-order chi connectivity index (χ1) is 12.9. The van der Waals surface area contributed by atoms with Crippen molar-refractivity contribution in [2.75, 3.05) is 20.2 Å². The van der Waals surface area contributed by atoms with Crippen molar-refractivity contribution >= 4 is 27.5 Å². The van der Waals surface area contributed by atoms with E-state index in [0.717, 1.165) is 0 Å². The van der Waals surface area contributed by atoms with Crippen molar-refractivity contribution < 1.29 is 17.9 Å². The summed E-state index contributed by atoms with van der Waals surface area (Å²) in [5, 5.41) is 3.53. The number of sulfonamides is 1. The van der Waals surface area contributed by atoms with Crippen LogP contribution < -0.4 is 10.1 Å². The number of hydrogen-bond acceptors (Lipinski definition) is 4. The van der Waals surface area contributed by atoms with Crippen LogP contribution in [0, 0.1) is 0 Å². The van der Waals surface area contributed by atoms with Crippen molar-refractivity contribution in [2.24, 2.45) is 0 Å². The molecule has 1 aliphatic rings. The van der Waals surface area contributed by atoms with E-state index in [-0.39, 0.29) is 16.8 Å². The molecule has 3 rings (SSSR count). The molecular formula is C19H21ClN2O4S. The molecular weight excluding hydrogens is 388 g/mol. The van der Waals surface area contributed by atoms with Gasteiger partial charge in [0, 0.05) is 29.7 Å². The molecule has 0 saturated carbocycles. The van der Waals surface area contributed by atoms with Crippen molar-refractivity contribution in [1.29, 1.82) is 0 Å². The predicted octanol–water partition coefficient (Wildman–Crippen LogP) is 2.93. The lowest BCUT2D eigenvalue weighted by Gasteiger charge is -2.31. The number of piperidine rings is 1. The Kier molecular flexibility index (Phi) is 6.04. The highest BCUT2D eigenvalue weighted by Gasteiger charge is 2.30. The highest BCUT2D eigenvalue weighted by Crippen LogP contribution is 2.23. The molecule has 0 aromatic heterocycles. The van der Waals surface area contributed by atoms with E-state index in [1.165, 1.54) is 11.4 Å². The van der Waals surface area contributed by atoms with E-state index in [2.05, 4.69) is 5.32 Å². The monoisotopic (exact) mass is 408 g/mol. The minimum absolute atomic E-state index is 0.0597. The van der Waals surface area contributed by atoms with Gasteiger partial charge in [0.2, 0.25) is 10.0 Å². The van der Waals surface area contributed by atoms with Gasteiger partial charge in [0.1, 0.15) is 5.75 Å². The number of halogens is 1. The second-order valence-electron chi connectivity index (χ2n) is 6.33. The van der Waals surface area contributed by atoms with Gasteiger partial charge in [0.15, 0.2) is 0 Å². The van der Waals surface area contributed by atoms with E-state index in [1.54, 1.807) is 48.5 Å². The summed E-state index contributed by atoms with van der Waals surface area (Å²) in [5.41, 5.74) is 0.535. The van der Waals surface area contributed by atoms with E-state index in [4.69, 9.17) is 16.3 Å². The average Bonchev–Trinajstić information content (AvgIpc) is 2.69. The smallest absolute Gasteiger partial charge is 0.251 e. The average molecular weight is 409 g/mol. The second kappa shape index (κ2) is 8.29. The van der Waals surface area contributed by atoms with Gasteiger partial charge in [-0.3, -0.25) is 4.79 Å². The fraction of sp³-hybridized carbons (Fsp3) is 0.316. The fourth-order valence-electron chi connectivity index (χ4n) is 3.01. The standard InChI is InChI=1S/C19H21ClN2O4S/c1-26-17-6-8-18(9-7-17)27(24,25)22-12-10-16(11-13-22)21-19(23)14-2-4-15(20)5-3-14/h2-9,16H,10-13H2,1H3,(H,21,23). The highest BCUT2D eigenvalue weighted by molar-refractivity contribution is 7.89. The Labute approximate surface area is 164 Å². The number of ether oxygens (including phenoxy) is 1. The zero-order chi connectivity index (χ0) is 19.4. The summed E-state index contributed by atoms with van der Waals surface area (Å²) in [6, 6.07) is 13.0. The third-order valence-corrected chi connectivity index (χ3v) is 6.76. The van der Waals surface area contributed by atoms with E-state index in [0.29, 0.717) is 42.3 Å². The number of carbonyl (C=O) groups is 1. The Bertz CT molecular complexity index is 890. The molecule has 1 N–H and O–H groups in total. The van der Waals surface area contributed by atoms with Crippen molar-refractivity contribution in [3.63, 3.8) is 0 Å². The molecule has 0 aliphatic carbocycles. The van der Waals surface area contributed by atoms with Crippen LogP contribution in [0.25, 0.3) is 0 Å². The van der Waals surface area contributed by atoms with Gasteiger partial charge in [-0.15, -0.1) is 0 Å². The molecule has 1 amide bonds. The van der Waals surface area contributed by atoms with Gasteiger partial charge >= 0.3 is 0 Å². The third kappa shape index (κ3) is 4.61. The van der Waals surface area contributed by atoms with Crippen LogP contribution in [0.4, 0.5) is 0 Å². The lowest BCUT2D eigenvalue weighted by atomic mass is 10.1. The molecule has 1 aliphatic heterocycles. The van der Waals surface area contributed by atoms with E-state index in [1.807, 2.05) is 0 Å². The number of nitrogens with zero attached hydrogens (tertiary/aromatic N) is 1. The topological polar surface area (TPSA) is 75.7 Å². The maximum Gasteiger partial charge on any atom is 0.251 e. The van der Waals surface area contributed by atoms with Crippen molar-refractivity contribution in [2.45, 2.75) is 23.8 Å². The molecule has 6 nitrogen and oxygen atoms in total. The molecule has 1 heterocycles. The Morgan fingerprint density at radius 1 is 1.07 bits per heavy atom. The Hall–Kier alpha value is -2.09. The molecule has 0 spiro atoms. The van der Waals surface area contributed by atoms with Crippen molar-refractivity contribution in [1.82, 2.24) is 9.62 Å². The van der Waals surface area contributed by atoms with Gasteiger partial charge in [-0.25, -0.2) is 8.42 Å². The lowest BCUT2D eigenvalue weighted by Crippen LogP contribution is -2.46. The number of hydrogen-bond donors (Lipinski definition) is 1. The zero-order valence-corrected chi connectivity index (χ0v) is 16.5. The largest absolute Gasteiger partial charge is 0.497 e. The quantitative estimate of drug-likeness (QED) is 0.825. The maximum absolute atomic E-state index is 12.8. The second-order valence-corrected chi connectivity index (χ2v) is 8.71. The van der Waals surface area contributed by atoms with Gasteiger partial charge in [0.25, 0.3) is 5.91 Å². The number of amides is 1. The van der Waals surface area contributed by atoms with Crippen LogP contribution in [0.1, 0.15) is 23.2 Å². The molecule has 27 heavy (non-hydrogen) atoms. The SMILES string of the molecule is COc1ccc(S(=O)(=O)N2CCC(NC(=O)c3ccc(Cl)cc3)CC2)cc1. The third-order valence-electron chi connectivity index (χ3n) is 4.59. The summed E-state index contributed by atoms with van der Waals surface area (Å²) in [4.78, 5) is 12.5. The van der Waals surface area contributed by atoms with Crippen LogP contribution >= 0.6 is 11.6 Å². The summed E-state index contributed by atoms with van der Waals surface area (Å²) in [6.45, 7) is 0.722. The normalized spacial score (nSPS) is 16.1. The zero-order valence-electron chi connectivity index (χ0n) is 14.9. The number of nitrogens with one attached hydrogen (secondary N) is 1. The van der Waals surface area contributed by atoms with Crippen LogP contribution in [-0.2, 0) is 10.0 Å². The summed E-state index contributed by atoms with van der Waals surface area (Å²) < 4.78 is 32.0. The first-order valence-corrected chi connectivity index (χ1v) is 10.4. The molecule has 8 heteroatoms. The van der Waals surface area contributed by atoms with Crippen LogP contribution in [0.15, 0.2) is 53.4 Å². The maximum atomic E-state index is 12.8. The first-order valence-electron chi connectivity index (χ1n) is 8.61. The highest BCUT2D eigenvalue weighted by atomic mass is 35.5. The fourth-order valence-corrected chi connectivity index (χ4v) is 4.60. The predicted molar refractivity (Wildman–Crippen MR) is 104 cm³/mol. The molecule has 0 radical (unpaired) electrons. The van der Waals surface area contributed by atoms with E-state index in [9.17, 15) is 13.2 Å². The number of benzene rings is 2. The first kappa shape index (κ1) is 19.7. The van der Waals surface area contributed by atoms with Crippen molar-refractivity contribution in [3.8, 4) is 5.75 Å². The van der Waals surface area contributed by atoms with Crippen molar-refractivity contribution in [3.05, 3.63) is 59.1 Å². The summed E-state index contributed by atoms with van der Waals surface area (Å²) in [5.74, 6) is 0.431.